The summed E-state index contributed by atoms with van der Waals surface area (Å²) in [4.78, 5) is 19.4. The minimum atomic E-state index is 0.129. The van der Waals surface area contributed by atoms with Gasteiger partial charge in [0.25, 0.3) is 5.91 Å². The van der Waals surface area contributed by atoms with Gasteiger partial charge in [-0.25, -0.2) is 0 Å². The summed E-state index contributed by atoms with van der Waals surface area (Å²) >= 11 is 0. The topological polar surface area (TPSA) is 45.2 Å². The number of rotatable bonds is 4. The average molecular weight is 283 g/mol. The fraction of sp³-hybridized carbons (Fsp3) is 0.412. The fourth-order valence-electron chi connectivity index (χ4n) is 3.03. The molecule has 1 fully saturated rings. The Morgan fingerprint density at radius 1 is 1.38 bits per heavy atom. The molecular weight excluding hydrogens is 262 g/mol. The van der Waals surface area contributed by atoms with Gasteiger partial charge in [-0.05, 0) is 31.5 Å². The molecule has 2 aromatic rings. The number of nitrogens with zero attached hydrogens (tertiary/aromatic N) is 2. The van der Waals surface area contributed by atoms with Crippen molar-refractivity contribution < 1.29 is 4.79 Å². The number of benzene rings is 1. The predicted octanol–water partition coefficient (Wildman–Crippen LogP) is 2.45. The van der Waals surface area contributed by atoms with Gasteiger partial charge in [-0.3, -0.25) is 9.78 Å². The van der Waals surface area contributed by atoms with Gasteiger partial charge in [0.05, 0.1) is 11.1 Å². The van der Waals surface area contributed by atoms with E-state index in [0.29, 0.717) is 6.04 Å². The Labute approximate surface area is 125 Å². The highest BCUT2D eigenvalue weighted by molar-refractivity contribution is 6.06. The highest BCUT2D eigenvalue weighted by atomic mass is 16.2. The molecule has 1 saturated heterocycles. The molecule has 4 heteroatoms. The van der Waals surface area contributed by atoms with Gasteiger partial charge in [0.1, 0.15) is 0 Å². The number of amides is 1. The first kappa shape index (κ1) is 14.0. The number of hydrogen-bond acceptors (Lipinski definition) is 3. The number of aromatic nitrogens is 1. The number of fused-ring (bicyclic) bond motifs is 1. The molecule has 1 unspecified atom stereocenters. The molecule has 3 rings (SSSR count). The van der Waals surface area contributed by atoms with E-state index < -0.39 is 0 Å². The molecule has 0 saturated carbocycles. The summed E-state index contributed by atoms with van der Waals surface area (Å²) in [6, 6.07) is 10.00. The molecule has 0 aliphatic carbocycles. The van der Waals surface area contributed by atoms with E-state index in [1.54, 1.807) is 6.20 Å². The van der Waals surface area contributed by atoms with Crippen LogP contribution < -0.4 is 5.32 Å². The lowest BCUT2D eigenvalue weighted by Gasteiger charge is -2.28. The highest BCUT2D eigenvalue weighted by Gasteiger charge is 2.27. The van der Waals surface area contributed by atoms with Gasteiger partial charge < -0.3 is 10.2 Å². The maximum absolute atomic E-state index is 13.0. The first-order valence-corrected chi connectivity index (χ1v) is 7.66. The molecule has 1 N–H and O–H groups in total. The number of hydrogen-bond donors (Lipinski definition) is 1. The molecule has 1 atom stereocenters. The zero-order valence-corrected chi connectivity index (χ0v) is 12.4. The molecule has 2 heterocycles. The predicted molar refractivity (Wildman–Crippen MR) is 84.3 cm³/mol. The van der Waals surface area contributed by atoms with Crippen LogP contribution in [0.3, 0.4) is 0 Å². The van der Waals surface area contributed by atoms with E-state index in [1.807, 2.05) is 35.2 Å². The van der Waals surface area contributed by atoms with Gasteiger partial charge in [0.15, 0.2) is 0 Å². The van der Waals surface area contributed by atoms with Crippen LogP contribution in [0.5, 0.6) is 0 Å². The second kappa shape index (κ2) is 6.22. The van der Waals surface area contributed by atoms with E-state index >= 15 is 0 Å². The fourth-order valence-corrected chi connectivity index (χ4v) is 3.03. The first-order chi connectivity index (χ1) is 10.3. The third-order valence-electron chi connectivity index (χ3n) is 4.08. The van der Waals surface area contributed by atoms with E-state index in [9.17, 15) is 4.79 Å². The lowest BCUT2D eigenvalue weighted by molar-refractivity contribution is 0.0694. The van der Waals surface area contributed by atoms with Gasteiger partial charge in [-0.1, -0.05) is 25.1 Å². The Morgan fingerprint density at radius 2 is 2.24 bits per heavy atom. The summed E-state index contributed by atoms with van der Waals surface area (Å²) in [5, 5.41) is 4.29. The summed E-state index contributed by atoms with van der Waals surface area (Å²) in [5.74, 6) is 0.129. The minimum Gasteiger partial charge on any atom is -0.334 e. The normalized spacial score (nSPS) is 18.0. The Kier molecular flexibility index (Phi) is 4.15. The van der Waals surface area contributed by atoms with Crippen molar-refractivity contribution in [1.29, 1.82) is 0 Å². The van der Waals surface area contributed by atoms with E-state index in [0.717, 1.165) is 48.9 Å². The number of pyridine rings is 1. The molecule has 1 aromatic carbocycles. The van der Waals surface area contributed by atoms with Gasteiger partial charge >= 0.3 is 0 Å². The highest BCUT2D eigenvalue weighted by Crippen LogP contribution is 2.20. The molecule has 0 radical (unpaired) electrons. The zero-order chi connectivity index (χ0) is 14.7. The molecule has 1 aliphatic heterocycles. The third kappa shape index (κ3) is 2.76. The quantitative estimate of drug-likeness (QED) is 0.937. The van der Waals surface area contributed by atoms with Crippen molar-refractivity contribution >= 4 is 16.8 Å². The van der Waals surface area contributed by atoms with Crippen LogP contribution in [0.2, 0.25) is 0 Å². The van der Waals surface area contributed by atoms with Crippen LogP contribution in [-0.2, 0) is 0 Å². The molecule has 21 heavy (non-hydrogen) atoms. The number of carbonyl (C=O) groups is 1. The van der Waals surface area contributed by atoms with Crippen molar-refractivity contribution in [3.63, 3.8) is 0 Å². The smallest absolute Gasteiger partial charge is 0.254 e. The molecule has 0 bridgehead atoms. The average Bonchev–Trinajstić information content (AvgIpc) is 3.05. The standard InChI is InChI=1S/C17H21N3O/c1-2-11-20(13-7-9-18-12-13)17(21)15-8-10-19-16-6-4-3-5-14(15)16/h3-6,8,10,13,18H,2,7,9,11-12H2,1H3. The Balaban J connectivity index is 1.97. The maximum Gasteiger partial charge on any atom is 0.254 e. The summed E-state index contributed by atoms with van der Waals surface area (Å²) in [5.41, 5.74) is 1.64. The SMILES string of the molecule is CCCN(C(=O)c1ccnc2ccccc12)C1CCNC1. The first-order valence-electron chi connectivity index (χ1n) is 7.66. The lowest BCUT2D eigenvalue weighted by atomic mass is 10.1. The number of para-hydroxylation sites is 1. The van der Waals surface area contributed by atoms with Crippen LogP contribution >= 0.6 is 0 Å². The molecular formula is C17H21N3O. The third-order valence-corrected chi connectivity index (χ3v) is 4.08. The van der Waals surface area contributed by atoms with E-state index in [1.165, 1.54) is 0 Å². The van der Waals surface area contributed by atoms with Gasteiger partial charge in [0.2, 0.25) is 0 Å². The Hall–Kier alpha value is -1.94. The van der Waals surface area contributed by atoms with E-state index in [4.69, 9.17) is 0 Å². The zero-order valence-electron chi connectivity index (χ0n) is 12.4. The van der Waals surface area contributed by atoms with Crippen LogP contribution in [0, 0.1) is 0 Å². The van der Waals surface area contributed by atoms with Crippen molar-refractivity contribution in [2.24, 2.45) is 0 Å². The summed E-state index contributed by atoms with van der Waals surface area (Å²) in [6.45, 7) is 4.82. The molecule has 1 aliphatic rings. The second-order valence-electron chi connectivity index (χ2n) is 5.52. The van der Waals surface area contributed by atoms with Crippen LogP contribution in [-0.4, -0.2) is 41.5 Å². The van der Waals surface area contributed by atoms with E-state index in [-0.39, 0.29) is 5.91 Å². The Morgan fingerprint density at radius 3 is 3.00 bits per heavy atom. The lowest BCUT2D eigenvalue weighted by Crippen LogP contribution is -2.42. The summed E-state index contributed by atoms with van der Waals surface area (Å²) in [7, 11) is 0. The summed E-state index contributed by atoms with van der Waals surface area (Å²) < 4.78 is 0. The van der Waals surface area contributed by atoms with Gasteiger partial charge in [0, 0.05) is 30.7 Å². The van der Waals surface area contributed by atoms with Crippen LogP contribution in [0.4, 0.5) is 0 Å². The maximum atomic E-state index is 13.0. The monoisotopic (exact) mass is 283 g/mol. The van der Waals surface area contributed by atoms with Crippen LogP contribution in [0.1, 0.15) is 30.1 Å². The molecule has 0 spiro atoms. The van der Waals surface area contributed by atoms with Crippen LogP contribution in [0.25, 0.3) is 10.9 Å². The molecule has 1 aromatic heterocycles. The van der Waals surface area contributed by atoms with Gasteiger partial charge in [-0.15, -0.1) is 0 Å². The largest absolute Gasteiger partial charge is 0.334 e. The second-order valence-corrected chi connectivity index (χ2v) is 5.52. The summed E-state index contributed by atoms with van der Waals surface area (Å²) in [6.07, 6.45) is 3.74. The van der Waals surface area contributed by atoms with Crippen LogP contribution in [0.15, 0.2) is 36.5 Å². The molecule has 1 amide bonds. The number of carbonyl (C=O) groups excluding carboxylic acids is 1. The van der Waals surface area contributed by atoms with Crippen molar-refractivity contribution in [2.75, 3.05) is 19.6 Å². The molecule has 4 nitrogen and oxygen atoms in total. The van der Waals surface area contributed by atoms with E-state index in [2.05, 4.69) is 17.2 Å². The van der Waals surface area contributed by atoms with Crippen molar-refractivity contribution in [3.8, 4) is 0 Å². The van der Waals surface area contributed by atoms with Crippen molar-refractivity contribution in [1.82, 2.24) is 15.2 Å². The Bertz CT molecular complexity index is 629. The number of nitrogens with one attached hydrogen (secondary N) is 1. The van der Waals surface area contributed by atoms with Crippen molar-refractivity contribution in [2.45, 2.75) is 25.8 Å². The van der Waals surface area contributed by atoms with Crippen molar-refractivity contribution in [3.05, 3.63) is 42.1 Å². The molecule has 110 valence electrons. The van der Waals surface area contributed by atoms with Gasteiger partial charge in [-0.2, -0.15) is 0 Å². The minimum absolute atomic E-state index is 0.129.